The zero-order valence-electron chi connectivity index (χ0n) is 18.2. The Kier molecular flexibility index (Phi) is 5.54. The van der Waals surface area contributed by atoms with Gasteiger partial charge in [-0.05, 0) is 31.0 Å². The summed E-state index contributed by atoms with van der Waals surface area (Å²) in [6.45, 7) is 3.09. The molecule has 0 unspecified atom stereocenters. The van der Waals surface area contributed by atoms with Crippen molar-refractivity contribution in [2.24, 2.45) is 0 Å². The fraction of sp³-hybridized carbons (Fsp3) is 0.348. The van der Waals surface area contributed by atoms with Crippen LogP contribution in [0, 0.1) is 6.92 Å². The number of hydrogen-bond acceptors (Lipinski definition) is 6. The standard InChI is InChI=1S/C23H26N4O4/c1-14-20-17(12-18(30-3)21(14)31-4)24-23(25-22(20)29)26(2)13-15-7-5-8-16(11-15)27-10-6-9-19(27)28/h5,7-8,11-12H,6,9-10,13H2,1-4H3,(H,24,25,29). The highest BCUT2D eigenvalue weighted by Gasteiger charge is 2.22. The molecule has 0 atom stereocenters. The Bertz CT molecular complexity index is 1200. The molecule has 4 rings (SSSR count). The summed E-state index contributed by atoms with van der Waals surface area (Å²) in [7, 11) is 4.98. The lowest BCUT2D eigenvalue weighted by molar-refractivity contribution is -0.117. The zero-order valence-corrected chi connectivity index (χ0v) is 18.2. The van der Waals surface area contributed by atoms with Crippen molar-refractivity contribution >= 4 is 28.4 Å². The van der Waals surface area contributed by atoms with Crippen molar-refractivity contribution in [3.63, 3.8) is 0 Å². The zero-order chi connectivity index (χ0) is 22.1. The van der Waals surface area contributed by atoms with Gasteiger partial charge in [0.1, 0.15) is 0 Å². The number of H-pyrrole nitrogens is 1. The molecule has 1 fully saturated rings. The molecule has 1 saturated heterocycles. The molecule has 8 heteroatoms. The Morgan fingerprint density at radius 3 is 2.68 bits per heavy atom. The van der Waals surface area contributed by atoms with Crippen molar-refractivity contribution in [1.82, 2.24) is 9.97 Å². The molecule has 0 aliphatic carbocycles. The van der Waals surface area contributed by atoms with Crippen LogP contribution in [0.25, 0.3) is 10.9 Å². The van der Waals surface area contributed by atoms with Gasteiger partial charge < -0.3 is 24.3 Å². The van der Waals surface area contributed by atoms with E-state index < -0.39 is 0 Å². The number of hydrogen-bond donors (Lipinski definition) is 1. The van der Waals surface area contributed by atoms with E-state index in [9.17, 15) is 9.59 Å². The summed E-state index contributed by atoms with van der Waals surface area (Å²) < 4.78 is 10.8. The van der Waals surface area contributed by atoms with Crippen LogP contribution < -0.4 is 24.8 Å². The van der Waals surface area contributed by atoms with Gasteiger partial charge in [0.15, 0.2) is 11.5 Å². The van der Waals surface area contributed by atoms with Gasteiger partial charge in [-0.15, -0.1) is 0 Å². The summed E-state index contributed by atoms with van der Waals surface area (Å²) in [6.07, 6.45) is 1.49. The van der Waals surface area contributed by atoms with Crippen LogP contribution in [0.1, 0.15) is 24.0 Å². The summed E-state index contributed by atoms with van der Waals surface area (Å²) >= 11 is 0. The van der Waals surface area contributed by atoms with E-state index in [4.69, 9.17) is 9.47 Å². The molecule has 1 aliphatic heterocycles. The van der Waals surface area contributed by atoms with Crippen LogP contribution in [0.4, 0.5) is 11.6 Å². The molecule has 31 heavy (non-hydrogen) atoms. The first-order valence-corrected chi connectivity index (χ1v) is 10.2. The number of aromatic nitrogens is 2. The Labute approximate surface area is 180 Å². The third kappa shape index (κ3) is 3.81. The average molecular weight is 422 g/mol. The number of anilines is 2. The van der Waals surface area contributed by atoms with Gasteiger partial charge in [-0.1, -0.05) is 12.1 Å². The number of fused-ring (bicyclic) bond motifs is 1. The number of carbonyl (C=O) groups is 1. The molecule has 8 nitrogen and oxygen atoms in total. The average Bonchev–Trinajstić information content (AvgIpc) is 3.19. The lowest BCUT2D eigenvalue weighted by Gasteiger charge is -2.21. The molecule has 0 saturated carbocycles. The van der Waals surface area contributed by atoms with Crippen LogP contribution in [-0.2, 0) is 11.3 Å². The fourth-order valence-electron chi connectivity index (χ4n) is 4.12. The summed E-state index contributed by atoms with van der Waals surface area (Å²) in [5.74, 6) is 1.68. The lowest BCUT2D eigenvalue weighted by Crippen LogP contribution is -2.25. The number of ether oxygens (including phenoxy) is 2. The van der Waals surface area contributed by atoms with Gasteiger partial charge in [0.05, 0.1) is 25.1 Å². The second-order valence-electron chi connectivity index (χ2n) is 7.70. The van der Waals surface area contributed by atoms with E-state index in [-0.39, 0.29) is 11.5 Å². The molecular weight excluding hydrogens is 396 g/mol. The van der Waals surface area contributed by atoms with Gasteiger partial charge in [0, 0.05) is 43.9 Å². The van der Waals surface area contributed by atoms with Crippen LogP contribution in [-0.4, -0.2) is 43.7 Å². The summed E-state index contributed by atoms with van der Waals surface area (Å²) in [5.41, 5.74) is 2.91. The highest BCUT2D eigenvalue weighted by atomic mass is 16.5. The number of benzene rings is 2. The van der Waals surface area contributed by atoms with Crippen molar-refractivity contribution in [3.05, 3.63) is 51.8 Å². The smallest absolute Gasteiger partial charge is 0.282 e. The van der Waals surface area contributed by atoms with Crippen molar-refractivity contribution in [2.75, 3.05) is 37.6 Å². The normalized spacial score (nSPS) is 13.7. The first kappa shape index (κ1) is 20.7. The predicted molar refractivity (Wildman–Crippen MR) is 120 cm³/mol. The maximum absolute atomic E-state index is 12.8. The number of nitrogens with one attached hydrogen (secondary N) is 1. The Balaban J connectivity index is 1.66. The van der Waals surface area contributed by atoms with Gasteiger partial charge in [-0.3, -0.25) is 9.59 Å². The number of nitrogens with zero attached hydrogens (tertiary/aromatic N) is 3. The van der Waals surface area contributed by atoms with Gasteiger partial charge in [0.2, 0.25) is 11.9 Å². The summed E-state index contributed by atoms with van der Waals surface area (Å²) in [6, 6.07) is 9.66. The molecule has 2 heterocycles. The van der Waals surface area contributed by atoms with E-state index in [0.29, 0.717) is 46.9 Å². The minimum atomic E-state index is -0.328. The number of methoxy groups -OCH3 is 2. The minimum Gasteiger partial charge on any atom is -0.493 e. The third-order valence-corrected chi connectivity index (χ3v) is 5.65. The Morgan fingerprint density at radius 1 is 1.19 bits per heavy atom. The Morgan fingerprint density at radius 2 is 2.00 bits per heavy atom. The van der Waals surface area contributed by atoms with Gasteiger partial charge in [0.25, 0.3) is 5.56 Å². The first-order chi connectivity index (χ1) is 14.9. The van der Waals surface area contributed by atoms with E-state index in [2.05, 4.69) is 9.97 Å². The van der Waals surface area contributed by atoms with Crippen molar-refractivity contribution < 1.29 is 14.3 Å². The van der Waals surface area contributed by atoms with Crippen LogP contribution in [0.3, 0.4) is 0 Å². The third-order valence-electron chi connectivity index (χ3n) is 5.65. The Hall–Kier alpha value is -3.55. The van der Waals surface area contributed by atoms with Gasteiger partial charge in [-0.25, -0.2) is 0 Å². The molecule has 1 aliphatic rings. The predicted octanol–water partition coefficient (Wildman–Crippen LogP) is 3.01. The van der Waals surface area contributed by atoms with Crippen LogP contribution in [0.5, 0.6) is 11.5 Å². The number of carbonyl (C=O) groups excluding carboxylic acids is 1. The minimum absolute atomic E-state index is 0.158. The van der Waals surface area contributed by atoms with Crippen LogP contribution in [0.15, 0.2) is 35.1 Å². The second-order valence-corrected chi connectivity index (χ2v) is 7.70. The quantitative estimate of drug-likeness (QED) is 0.657. The van der Waals surface area contributed by atoms with E-state index >= 15 is 0 Å². The summed E-state index contributed by atoms with van der Waals surface area (Å²) in [4.78, 5) is 36.1. The van der Waals surface area contributed by atoms with Gasteiger partial charge in [-0.2, -0.15) is 4.98 Å². The van der Waals surface area contributed by atoms with E-state index in [1.54, 1.807) is 20.3 Å². The van der Waals surface area contributed by atoms with E-state index in [0.717, 1.165) is 24.2 Å². The highest BCUT2D eigenvalue weighted by molar-refractivity contribution is 5.95. The molecular formula is C23H26N4O4. The van der Waals surface area contributed by atoms with Crippen molar-refractivity contribution in [2.45, 2.75) is 26.3 Å². The topological polar surface area (TPSA) is 87.8 Å². The highest BCUT2D eigenvalue weighted by Crippen LogP contribution is 2.35. The van der Waals surface area contributed by atoms with E-state index in [1.165, 1.54) is 0 Å². The molecule has 1 amide bonds. The lowest BCUT2D eigenvalue weighted by atomic mass is 10.1. The maximum atomic E-state index is 12.8. The molecule has 3 aromatic rings. The van der Waals surface area contributed by atoms with Gasteiger partial charge >= 0.3 is 0 Å². The van der Waals surface area contributed by atoms with Crippen molar-refractivity contribution in [3.8, 4) is 11.5 Å². The van der Waals surface area contributed by atoms with Crippen LogP contribution >= 0.6 is 0 Å². The molecule has 2 aromatic carbocycles. The number of aryl methyl sites for hydroxylation is 1. The second kappa shape index (κ2) is 8.29. The number of aromatic amines is 1. The SMILES string of the molecule is COc1cc2[nH]c(N(C)Cc3cccc(N4CCCC4=O)c3)nc(=O)c2c(C)c1OC. The number of rotatable bonds is 6. The fourth-order valence-corrected chi connectivity index (χ4v) is 4.12. The number of amides is 1. The van der Waals surface area contributed by atoms with Crippen LogP contribution in [0.2, 0.25) is 0 Å². The molecule has 0 radical (unpaired) electrons. The largest absolute Gasteiger partial charge is 0.493 e. The van der Waals surface area contributed by atoms with E-state index in [1.807, 2.05) is 48.0 Å². The molecule has 1 aromatic heterocycles. The molecule has 0 spiro atoms. The molecule has 0 bridgehead atoms. The maximum Gasteiger partial charge on any atom is 0.282 e. The monoisotopic (exact) mass is 422 g/mol. The summed E-state index contributed by atoms with van der Waals surface area (Å²) in [5, 5.41) is 0.476. The molecule has 1 N–H and O–H groups in total. The first-order valence-electron chi connectivity index (χ1n) is 10.2. The van der Waals surface area contributed by atoms with Crippen molar-refractivity contribution in [1.29, 1.82) is 0 Å². The molecule has 162 valence electrons.